The molecule has 198 valence electrons. The second kappa shape index (κ2) is 10.7. The quantitative estimate of drug-likeness (QED) is 0.210. The fourth-order valence-corrected chi connectivity index (χ4v) is 6.28. The van der Waals surface area contributed by atoms with Gasteiger partial charge in [0.2, 0.25) is 5.88 Å². The van der Waals surface area contributed by atoms with Gasteiger partial charge in [-0.1, -0.05) is 28.6 Å². The van der Waals surface area contributed by atoms with Crippen LogP contribution in [-0.2, 0) is 19.5 Å². The summed E-state index contributed by atoms with van der Waals surface area (Å²) in [5.41, 5.74) is 0.959. The predicted molar refractivity (Wildman–Crippen MR) is 141 cm³/mol. The summed E-state index contributed by atoms with van der Waals surface area (Å²) < 4.78 is 30.9. The van der Waals surface area contributed by atoms with Crippen LogP contribution in [0.25, 0.3) is 10.3 Å². The van der Waals surface area contributed by atoms with E-state index < -0.39 is 15.7 Å². The first-order valence-corrected chi connectivity index (χ1v) is 14.3. The number of nitrogens with zero attached hydrogens (tertiary/aromatic N) is 4. The maximum absolute atomic E-state index is 13.2. The number of oxime groups is 1. The Hall–Kier alpha value is -3.13. The van der Waals surface area contributed by atoms with Crippen molar-refractivity contribution in [2.45, 2.75) is 35.5 Å². The van der Waals surface area contributed by atoms with Gasteiger partial charge in [0.1, 0.15) is 23.1 Å². The topological polar surface area (TPSA) is 143 Å². The van der Waals surface area contributed by atoms with Crippen molar-refractivity contribution in [2.75, 3.05) is 38.7 Å². The maximum atomic E-state index is 13.2. The number of rotatable bonds is 11. The third kappa shape index (κ3) is 5.90. The van der Waals surface area contributed by atoms with E-state index in [0.29, 0.717) is 46.2 Å². The number of carbonyl (C=O) groups is 1. The predicted octanol–water partition coefficient (Wildman–Crippen LogP) is 2.31. The summed E-state index contributed by atoms with van der Waals surface area (Å²) in [6.45, 7) is 1.73. The molecule has 0 spiro atoms. The van der Waals surface area contributed by atoms with Gasteiger partial charge in [-0.3, -0.25) is 15.0 Å². The van der Waals surface area contributed by atoms with Gasteiger partial charge in [-0.2, -0.15) is 0 Å². The molecule has 3 aromatic rings. The minimum absolute atomic E-state index is 0. The number of hydrogen-bond acceptors (Lipinski definition) is 11. The number of aromatic nitrogens is 2. The number of likely N-dealkylation sites (tertiary alicyclic amines) is 1. The summed E-state index contributed by atoms with van der Waals surface area (Å²) in [6, 6.07) is 9.56. The van der Waals surface area contributed by atoms with Crippen molar-refractivity contribution >= 4 is 48.3 Å². The molecule has 2 aromatic heterocycles. The van der Waals surface area contributed by atoms with E-state index in [1.807, 2.05) is 7.05 Å². The molecule has 1 aromatic carbocycles. The fraction of sp³-hybridized carbons (Fsp3) is 0.417. The van der Waals surface area contributed by atoms with Crippen LogP contribution in [0.15, 0.2) is 46.4 Å². The molecule has 1 saturated carbocycles. The standard InChI is InChI=1S/C24H27N5O6S2.H2/c1-29-13-16(14-29)35-20-10-9-19-23(26-20)36-24(25-19)27-22(31)21(28-34-12-2-11-30)15-3-5-17(6-4-15)37(32,33)18-7-8-18;/h3-6,9-10,16,18,30H,2,7-8,11-14H2,1H3,(H,25,27,31);1H/b28-21+;. The Morgan fingerprint density at radius 1 is 1.22 bits per heavy atom. The SMILES string of the molecule is CN1CC(Oc2ccc3nc(NC(=O)/C(=N/OCCCO)c4ccc(S(=O)(=O)C5CC5)cc4)sc3n2)C1.[HH]. The number of pyridine rings is 1. The molecule has 1 saturated heterocycles. The molecule has 2 fully saturated rings. The Morgan fingerprint density at radius 3 is 2.65 bits per heavy atom. The molecule has 2 N–H and O–H groups in total. The minimum atomic E-state index is -3.36. The van der Waals surface area contributed by atoms with Crippen LogP contribution in [0.5, 0.6) is 5.88 Å². The Labute approximate surface area is 219 Å². The van der Waals surface area contributed by atoms with E-state index in [0.717, 1.165) is 13.1 Å². The number of amides is 1. The molecule has 1 aliphatic heterocycles. The molecule has 5 rings (SSSR count). The Kier molecular flexibility index (Phi) is 7.38. The highest BCUT2D eigenvalue weighted by Gasteiger charge is 2.36. The van der Waals surface area contributed by atoms with Gasteiger partial charge in [0.15, 0.2) is 20.7 Å². The van der Waals surface area contributed by atoms with Crippen LogP contribution in [0.1, 0.15) is 26.3 Å². The lowest BCUT2D eigenvalue weighted by atomic mass is 10.1. The molecule has 13 heteroatoms. The number of carbonyl (C=O) groups excluding carboxylic acids is 1. The molecule has 1 amide bonds. The molecule has 0 atom stereocenters. The monoisotopic (exact) mass is 547 g/mol. The number of likely N-dealkylation sites (N-methyl/N-ethyl adjacent to an activating group) is 1. The first kappa shape index (κ1) is 25.5. The summed E-state index contributed by atoms with van der Waals surface area (Å²) in [7, 11) is -1.33. The summed E-state index contributed by atoms with van der Waals surface area (Å²) in [4.78, 5) is 30.3. The van der Waals surface area contributed by atoms with Crippen LogP contribution in [0.3, 0.4) is 0 Å². The van der Waals surface area contributed by atoms with Crippen molar-refractivity contribution in [3.05, 3.63) is 42.0 Å². The number of aliphatic hydroxyl groups is 1. The molecule has 37 heavy (non-hydrogen) atoms. The normalized spacial score (nSPS) is 17.0. The highest BCUT2D eigenvalue weighted by atomic mass is 32.2. The van der Waals surface area contributed by atoms with E-state index in [4.69, 9.17) is 14.7 Å². The highest BCUT2D eigenvalue weighted by molar-refractivity contribution is 7.92. The lowest BCUT2D eigenvalue weighted by Crippen LogP contribution is -2.51. The van der Waals surface area contributed by atoms with Gasteiger partial charge < -0.3 is 14.7 Å². The van der Waals surface area contributed by atoms with E-state index in [2.05, 4.69) is 25.3 Å². The van der Waals surface area contributed by atoms with E-state index in [-0.39, 0.29) is 36.6 Å². The van der Waals surface area contributed by atoms with Crippen LogP contribution < -0.4 is 10.1 Å². The van der Waals surface area contributed by atoms with Crippen LogP contribution in [0.4, 0.5) is 5.13 Å². The Bertz CT molecular complexity index is 1420. The molecule has 2 aliphatic rings. The second-order valence-corrected chi connectivity index (χ2v) is 12.2. The number of thiazole rings is 1. The van der Waals surface area contributed by atoms with Crippen molar-refractivity contribution in [3.8, 4) is 5.88 Å². The zero-order valence-corrected chi connectivity index (χ0v) is 21.8. The van der Waals surface area contributed by atoms with Crippen molar-refractivity contribution in [2.24, 2.45) is 5.16 Å². The average molecular weight is 548 g/mol. The van der Waals surface area contributed by atoms with Crippen LogP contribution in [-0.4, -0.2) is 84.7 Å². The van der Waals surface area contributed by atoms with Crippen molar-refractivity contribution in [3.63, 3.8) is 0 Å². The number of fused-ring (bicyclic) bond motifs is 1. The number of benzene rings is 1. The summed E-state index contributed by atoms with van der Waals surface area (Å²) in [5, 5.41) is 15.7. The number of anilines is 1. The molecular weight excluding hydrogens is 518 g/mol. The molecule has 3 heterocycles. The summed E-state index contributed by atoms with van der Waals surface area (Å²) in [6.07, 6.45) is 1.79. The first-order valence-electron chi connectivity index (χ1n) is 11.9. The van der Waals surface area contributed by atoms with E-state index in [1.54, 1.807) is 12.1 Å². The van der Waals surface area contributed by atoms with Crippen LogP contribution in [0, 0.1) is 0 Å². The number of hydrogen-bond donors (Lipinski definition) is 2. The van der Waals surface area contributed by atoms with Gasteiger partial charge in [-0.15, -0.1) is 0 Å². The summed E-state index contributed by atoms with van der Waals surface area (Å²) in [5.74, 6) is -0.0669. The minimum Gasteiger partial charge on any atom is -0.472 e. The largest absolute Gasteiger partial charge is 0.472 e. The first-order chi connectivity index (χ1) is 17.8. The fourth-order valence-electron chi connectivity index (χ4n) is 3.80. The van der Waals surface area contributed by atoms with Crippen LogP contribution in [0.2, 0.25) is 0 Å². The third-order valence-electron chi connectivity index (χ3n) is 5.95. The van der Waals surface area contributed by atoms with E-state index in [9.17, 15) is 13.2 Å². The second-order valence-electron chi connectivity index (χ2n) is 9.03. The van der Waals surface area contributed by atoms with Gasteiger partial charge in [-0.25, -0.2) is 18.4 Å². The van der Waals surface area contributed by atoms with Gasteiger partial charge in [-0.05, 0) is 38.1 Å². The number of nitrogens with one attached hydrogen (secondary N) is 1. The molecular formula is C24H29N5O6S2. The third-order valence-corrected chi connectivity index (χ3v) is 9.11. The number of aliphatic hydroxyl groups excluding tert-OH is 1. The molecule has 11 nitrogen and oxygen atoms in total. The van der Waals surface area contributed by atoms with Gasteiger partial charge in [0.25, 0.3) is 5.91 Å². The molecule has 0 unspecified atom stereocenters. The Balaban J connectivity index is 0.00000336. The van der Waals surface area contributed by atoms with Gasteiger partial charge >= 0.3 is 0 Å². The number of sulfone groups is 1. The average Bonchev–Trinajstić information content (AvgIpc) is 3.65. The smallest absolute Gasteiger partial charge is 0.280 e. The van der Waals surface area contributed by atoms with Crippen LogP contribution >= 0.6 is 11.3 Å². The molecule has 1 aliphatic carbocycles. The van der Waals surface area contributed by atoms with Crippen molar-refractivity contribution in [1.29, 1.82) is 0 Å². The van der Waals surface area contributed by atoms with Crippen molar-refractivity contribution < 1.29 is 29.3 Å². The van der Waals surface area contributed by atoms with E-state index >= 15 is 0 Å². The highest BCUT2D eigenvalue weighted by Crippen LogP contribution is 2.33. The van der Waals surface area contributed by atoms with Gasteiger partial charge in [0.05, 0.1) is 10.1 Å². The van der Waals surface area contributed by atoms with Crippen molar-refractivity contribution in [1.82, 2.24) is 14.9 Å². The zero-order valence-electron chi connectivity index (χ0n) is 20.2. The molecule has 0 radical (unpaired) electrons. The lowest BCUT2D eigenvalue weighted by molar-refractivity contribution is -0.110. The lowest BCUT2D eigenvalue weighted by Gasteiger charge is -2.35. The summed E-state index contributed by atoms with van der Waals surface area (Å²) >= 11 is 1.20. The van der Waals surface area contributed by atoms with Gasteiger partial charge in [0, 0.05) is 39.2 Å². The number of ether oxygens (including phenoxy) is 1. The van der Waals surface area contributed by atoms with E-state index in [1.165, 1.54) is 35.6 Å². The molecule has 0 bridgehead atoms. The zero-order chi connectivity index (χ0) is 26.0. The Morgan fingerprint density at radius 2 is 1.97 bits per heavy atom. The maximum Gasteiger partial charge on any atom is 0.280 e.